The molecule has 0 heterocycles. The molecule has 18 heavy (non-hydrogen) atoms. The third-order valence-electron chi connectivity index (χ3n) is 1.94. The van der Waals surface area contributed by atoms with E-state index in [2.05, 4.69) is 21.3 Å². The molecule has 0 aliphatic carbocycles. The lowest BCUT2D eigenvalue weighted by Gasteiger charge is -2.07. The van der Waals surface area contributed by atoms with Gasteiger partial charge in [0.15, 0.2) is 0 Å². The lowest BCUT2D eigenvalue weighted by atomic mass is 10.2. The van der Waals surface area contributed by atoms with E-state index in [-0.39, 0.29) is 6.61 Å². The van der Waals surface area contributed by atoms with E-state index in [0.717, 1.165) is 5.56 Å². The van der Waals surface area contributed by atoms with Gasteiger partial charge < -0.3 is 5.11 Å². The Balaban J connectivity index is 2.70. The van der Waals surface area contributed by atoms with Crippen LogP contribution in [0.4, 0.5) is 5.69 Å². The van der Waals surface area contributed by atoms with Crippen LogP contribution in [0.25, 0.3) is 0 Å². The minimum absolute atomic E-state index is 0.0353. The van der Waals surface area contributed by atoms with Gasteiger partial charge in [0, 0.05) is 24.2 Å². The first-order valence-electron chi connectivity index (χ1n) is 5.54. The molecule has 0 radical (unpaired) electrons. The minimum atomic E-state index is -3.49. The van der Waals surface area contributed by atoms with Gasteiger partial charge in [0.2, 0.25) is 0 Å². The molecule has 0 aromatic heterocycles. The van der Waals surface area contributed by atoms with Gasteiger partial charge in [0.05, 0.1) is 6.61 Å². The molecule has 5 nitrogen and oxygen atoms in total. The van der Waals surface area contributed by atoms with E-state index in [4.69, 9.17) is 5.11 Å². The minimum Gasteiger partial charge on any atom is -0.395 e. The summed E-state index contributed by atoms with van der Waals surface area (Å²) in [5, 5.41) is 8.58. The average molecular weight is 268 g/mol. The van der Waals surface area contributed by atoms with E-state index in [0.29, 0.717) is 18.7 Å². The summed E-state index contributed by atoms with van der Waals surface area (Å²) < 4.78 is 27.6. The molecule has 1 aromatic rings. The number of aliphatic hydroxyl groups excluding tert-OH is 1. The number of hydrogen-bond acceptors (Lipinski definition) is 3. The number of anilines is 1. The van der Waals surface area contributed by atoms with Gasteiger partial charge in [0.1, 0.15) is 0 Å². The molecular weight excluding hydrogens is 252 g/mol. The van der Waals surface area contributed by atoms with Crippen LogP contribution in [-0.4, -0.2) is 26.7 Å². The molecule has 0 saturated carbocycles. The van der Waals surface area contributed by atoms with Crippen molar-refractivity contribution in [1.29, 1.82) is 0 Å². The zero-order valence-electron chi connectivity index (χ0n) is 10.1. The molecule has 0 spiro atoms. The molecular formula is C12H16N2O3S. The predicted molar refractivity (Wildman–Crippen MR) is 71.2 cm³/mol. The van der Waals surface area contributed by atoms with Crippen molar-refractivity contribution < 1.29 is 13.5 Å². The van der Waals surface area contributed by atoms with E-state index in [9.17, 15) is 8.42 Å². The Morgan fingerprint density at radius 3 is 2.50 bits per heavy atom. The first-order valence-corrected chi connectivity index (χ1v) is 7.03. The number of hydrogen-bond donors (Lipinski definition) is 3. The van der Waals surface area contributed by atoms with Crippen LogP contribution in [0.15, 0.2) is 24.3 Å². The van der Waals surface area contributed by atoms with E-state index in [1.54, 1.807) is 31.2 Å². The van der Waals surface area contributed by atoms with E-state index in [1.807, 2.05) is 0 Å². The van der Waals surface area contributed by atoms with Gasteiger partial charge >= 0.3 is 0 Å². The summed E-state index contributed by atoms with van der Waals surface area (Å²) in [5.41, 5.74) is 1.25. The average Bonchev–Trinajstić information content (AvgIpc) is 2.31. The van der Waals surface area contributed by atoms with Crippen molar-refractivity contribution in [3.63, 3.8) is 0 Å². The normalized spacial score (nSPS) is 10.6. The number of aliphatic hydroxyl groups is 1. The highest BCUT2D eigenvalue weighted by atomic mass is 32.2. The van der Waals surface area contributed by atoms with Crippen LogP contribution in [-0.2, 0) is 10.2 Å². The maximum Gasteiger partial charge on any atom is 0.299 e. The fourth-order valence-corrected chi connectivity index (χ4v) is 2.12. The van der Waals surface area contributed by atoms with Gasteiger partial charge in [-0.2, -0.15) is 13.1 Å². The van der Waals surface area contributed by atoms with Gasteiger partial charge in [-0.25, -0.2) is 0 Å². The Kier molecular flexibility index (Phi) is 5.65. The largest absolute Gasteiger partial charge is 0.395 e. The summed E-state index contributed by atoms with van der Waals surface area (Å²) in [5.74, 6) is 5.65. The van der Waals surface area contributed by atoms with Crippen molar-refractivity contribution in [1.82, 2.24) is 4.72 Å². The molecule has 98 valence electrons. The number of benzene rings is 1. The molecule has 0 atom stereocenters. The van der Waals surface area contributed by atoms with Crippen LogP contribution in [0, 0.1) is 11.8 Å². The van der Waals surface area contributed by atoms with Gasteiger partial charge in [0.25, 0.3) is 10.2 Å². The van der Waals surface area contributed by atoms with E-state index < -0.39 is 10.2 Å². The molecule has 0 bridgehead atoms. The Bertz CT molecular complexity index is 527. The molecule has 6 heteroatoms. The Morgan fingerprint density at radius 2 is 1.94 bits per heavy atom. The van der Waals surface area contributed by atoms with Crippen molar-refractivity contribution in [2.24, 2.45) is 0 Å². The summed E-state index contributed by atoms with van der Waals surface area (Å²) in [6.07, 6.45) is 0.425. The Morgan fingerprint density at radius 1 is 1.28 bits per heavy atom. The first kappa shape index (κ1) is 14.5. The molecule has 0 aliphatic heterocycles. The highest BCUT2D eigenvalue weighted by Crippen LogP contribution is 2.09. The highest BCUT2D eigenvalue weighted by molar-refractivity contribution is 7.90. The summed E-state index contributed by atoms with van der Waals surface area (Å²) in [6.45, 7) is 2.08. The van der Waals surface area contributed by atoms with Crippen LogP contribution < -0.4 is 9.44 Å². The maximum atomic E-state index is 11.4. The van der Waals surface area contributed by atoms with E-state index in [1.165, 1.54) is 0 Å². The molecule has 0 fully saturated rings. The van der Waals surface area contributed by atoms with Crippen LogP contribution in [0.3, 0.4) is 0 Å². The topological polar surface area (TPSA) is 78.4 Å². The quantitative estimate of drug-likeness (QED) is 0.687. The van der Waals surface area contributed by atoms with Crippen LogP contribution in [0.5, 0.6) is 0 Å². The van der Waals surface area contributed by atoms with Crippen LogP contribution in [0.2, 0.25) is 0 Å². The maximum absolute atomic E-state index is 11.4. The standard InChI is InChI=1S/C12H16N2O3S/c1-2-13-18(16,17)14-12-8-6-11(7-9-12)5-3-4-10-15/h6-9,13-15H,2,4,10H2,1H3. The smallest absolute Gasteiger partial charge is 0.299 e. The van der Waals surface area contributed by atoms with Crippen LogP contribution >= 0.6 is 0 Å². The first-order chi connectivity index (χ1) is 8.57. The monoisotopic (exact) mass is 268 g/mol. The van der Waals surface area contributed by atoms with Crippen molar-refractivity contribution >= 4 is 15.9 Å². The summed E-state index contributed by atoms with van der Waals surface area (Å²) >= 11 is 0. The molecule has 3 N–H and O–H groups in total. The van der Waals surface area contributed by atoms with Crippen molar-refractivity contribution in [3.05, 3.63) is 29.8 Å². The lowest BCUT2D eigenvalue weighted by molar-refractivity contribution is 0.305. The summed E-state index contributed by atoms with van der Waals surface area (Å²) in [6, 6.07) is 6.71. The van der Waals surface area contributed by atoms with Gasteiger partial charge in [-0.3, -0.25) is 4.72 Å². The third-order valence-corrected chi connectivity index (χ3v) is 3.11. The summed E-state index contributed by atoms with van der Waals surface area (Å²) in [4.78, 5) is 0. The Labute approximate surface area is 107 Å². The number of rotatable bonds is 5. The van der Waals surface area contributed by atoms with Crippen molar-refractivity contribution in [2.75, 3.05) is 17.9 Å². The predicted octanol–water partition coefficient (Wildman–Crippen LogP) is 0.687. The van der Waals surface area contributed by atoms with Crippen molar-refractivity contribution in [2.45, 2.75) is 13.3 Å². The molecule has 1 aromatic carbocycles. The second kappa shape index (κ2) is 7.01. The molecule has 0 saturated heterocycles. The molecule has 0 amide bonds. The molecule has 0 unspecified atom stereocenters. The number of nitrogens with one attached hydrogen (secondary N) is 2. The zero-order chi connectivity index (χ0) is 13.4. The highest BCUT2D eigenvalue weighted by Gasteiger charge is 2.06. The lowest BCUT2D eigenvalue weighted by Crippen LogP contribution is -2.29. The second-order valence-corrected chi connectivity index (χ2v) is 4.96. The fraction of sp³-hybridized carbons (Fsp3) is 0.333. The summed E-state index contributed by atoms with van der Waals surface area (Å²) in [7, 11) is -3.49. The van der Waals surface area contributed by atoms with E-state index >= 15 is 0 Å². The molecule has 0 aliphatic rings. The van der Waals surface area contributed by atoms with Gasteiger partial charge in [-0.05, 0) is 24.3 Å². The fourth-order valence-electron chi connectivity index (χ4n) is 1.22. The Hall–Kier alpha value is -1.55. The van der Waals surface area contributed by atoms with Gasteiger partial charge in [-0.1, -0.05) is 18.8 Å². The van der Waals surface area contributed by atoms with Gasteiger partial charge in [-0.15, -0.1) is 0 Å². The third kappa shape index (κ3) is 5.19. The molecule has 1 rings (SSSR count). The van der Waals surface area contributed by atoms with Crippen LogP contribution in [0.1, 0.15) is 18.9 Å². The van der Waals surface area contributed by atoms with Crippen molar-refractivity contribution in [3.8, 4) is 11.8 Å². The zero-order valence-corrected chi connectivity index (χ0v) is 10.9. The second-order valence-electron chi connectivity index (χ2n) is 3.46. The SMILES string of the molecule is CCNS(=O)(=O)Nc1ccc(C#CCCO)cc1.